The number of nitrogens with zero attached hydrogens (tertiary/aromatic N) is 2. The summed E-state index contributed by atoms with van der Waals surface area (Å²) >= 11 is 0. The lowest BCUT2D eigenvalue weighted by atomic mass is 9.63. The number of hydrogen-bond acceptors (Lipinski definition) is 1. The number of fused-ring (bicyclic) bond motifs is 5. The van der Waals surface area contributed by atoms with Gasteiger partial charge in [0.1, 0.15) is 0 Å². The minimum absolute atomic E-state index is 0.0950. The first-order valence-corrected chi connectivity index (χ1v) is 20.0. The van der Waals surface area contributed by atoms with E-state index in [0.29, 0.717) is 0 Å². The summed E-state index contributed by atoms with van der Waals surface area (Å²) in [6.07, 6.45) is 2.37. The summed E-state index contributed by atoms with van der Waals surface area (Å²) < 4.78 is 2.43. The van der Waals surface area contributed by atoms with Gasteiger partial charge in [0.15, 0.2) is 0 Å². The fraction of sp³-hybridized carbons (Fsp3) is 0.148. The maximum absolute atomic E-state index is 2.48. The molecule has 0 fully saturated rings. The lowest BCUT2D eigenvalue weighted by Gasteiger charge is -2.42. The highest BCUT2D eigenvalue weighted by molar-refractivity contribution is 6.09. The summed E-state index contributed by atoms with van der Waals surface area (Å²) in [5.41, 5.74) is 15.1. The number of anilines is 3. The number of rotatable bonds is 6. The molecule has 2 nitrogen and oxygen atoms in total. The van der Waals surface area contributed by atoms with Crippen LogP contribution in [0.2, 0.25) is 0 Å². The quantitative estimate of drug-likeness (QED) is 0.166. The second-order valence-corrected chi connectivity index (χ2v) is 16.8. The first-order valence-electron chi connectivity index (χ1n) is 20.0. The molecule has 56 heavy (non-hydrogen) atoms. The first-order chi connectivity index (χ1) is 27.3. The molecule has 0 radical (unpaired) electrons. The van der Waals surface area contributed by atoms with E-state index in [2.05, 4.69) is 219 Å². The molecule has 1 aliphatic carbocycles. The average Bonchev–Trinajstić information content (AvgIpc) is 3.57. The number of benzene rings is 8. The fourth-order valence-corrected chi connectivity index (χ4v) is 9.34. The third-order valence-corrected chi connectivity index (χ3v) is 12.5. The van der Waals surface area contributed by atoms with Crippen molar-refractivity contribution in [3.05, 3.63) is 193 Å². The van der Waals surface area contributed by atoms with E-state index in [4.69, 9.17) is 0 Å². The van der Waals surface area contributed by atoms with Crippen LogP contribution < -0.4 is 4.90 Å². The Hall–Kier alpha value is -6.38. The normalized spacial score (nSPS) is 14.6. The van der Waals surface area contributed by atoms with Crippen molar-refractivity contribution >= 4 is 49.6 Å². The molecule has 1 heterocycles. The summed E-state index contributed by atoms with van der Waals surface area (Å²) in [5.74, 6) is 0. The third kappa shape index (κ3) is 5.63. The van der Waals surface area contributed by atoms with E-state index in [0.717, 1.165) is 11.4 Å². The van der Waals surface area contributed by atoms with Crippen molar-refractivity contribution in [1.82, 2.24) is 4.57 Å². The number of para-hydroxylation sites is 3. The highest BCUT2D eigenvalue weighted by atomic mass is 15.1. The zero-order chi connectivity index (χ0) is 38.0. The van der Waals surface area contributed by atoms with E-state index < -0.39 is 0 Å². The van der Waals surface area contributed by atoms with Crippen LogP contribution in [-0.2, 0) is 10.8 Å². The zero-order valence-electron chi connectivity index (χ0n) is 32.6. The van der Waals surface area contributed by atoms with Crippen LogP contribution in [0.25, 0.3) is 60.5 Å². The molecule has 8 aromatic carbocycles. The minimum Gasteiger partial charge on any atom is -0.310 e. The lowest BCUT2D eigenvalue weighted by molar-refractivity contribution is 0.332. The third-order valence-electron chi connectivity index (χ3n) is 12.5. The Morgan fingerprint density at radius 3 is 1.71 bits per heavy atom. The van der Waals surface area contributed by atoms with Gasteiger partial charge in [-0.2, -0.15) is 0 Å². The Labute approximate surface area is 330 Å². The van der Waals surface area contributed by atoms with Crippen LogP contribution in [0, 0.1) is 0 Å². The number of hydrogen-bond donors (Lipinski definition) is 0. The molecular weight excluding hydrogens is 677 g/mol. The van der Waals surface area contributed by atoms with Crippen LogP contribution in [0.4, 0.5) is 17.1 Å². The van der Waals surface area contributed by atoms with Gasteiger partial charge in [-0.05, 0) is 117 Å². The summed E-state index contributed by atoms with van der Waals surface area (Å²) in [6.45, 7) is 9.64. The van der Waals surface area contributed by atoms with E-state index in [-0.39, 0.29) is 10.8 Å². The van der Waals surface area contributed by atoms with Crippen molar-refractivity contribution in [3.8, 4) is 27.9 Å². The highest BCUT2D eigenvalue weighted by Gasteiger charge is 2.37. The maximum Gasteiger partial charge on any atom is 0.0541 e. The van der Waals surface area contributed by atoms with Gasteiger partial charge in [0.05, 0.1) is 16.7 Å². The maximum atomic E-state index is 2.48. The Kier molecular flexibility index (Phi) is 8.01. The summed E-state index contributed by atoms with van der Waals surface area (Å²) in [7, 11) is 0. The first kappa shape index (κ1) is 34.1. The van der Waals surface area contributed by atoms with Gasteiger partial charge in [0.2, 0.25) is 0 Å². The van der Waals surface area contributed by atoms with Gasteiger partial charge >= 0.3 is 0 Å². The van der Waals surface area contributed by atoms with E-state index >= 15 is 0 Å². The molecule has 10 rings (SSSR count). The van der Waals surface area contributed by atoms with Crippen LogP contribution >= 0.6 is 0 Å². The molecule has 1 aromatic heterocycles. The Morgan fingerprint density at radius 2 is 0.964 bits per heavy atom. The molecule has 0 amide bonds. The largest absolute Gasteiger partial charge is 0.310 e. The predicted octanol–water partition coefficient (Wildman–Crippen LogP) is 15.1. The molecule has 1 aliphatic rings. The molecular formula is C54H46N2. The standard InChI is InChI=1S/C54H46N2/c1-53(2)33-34-54(3,4)49-36-42(31-32-48(49)53)55(41-18-13-17-39(35-41)44-23-14-16-37-15-5-6-19-43(37)44)40-29-27-38(28-30-40)45-20-7-10-24-50(45)56-51-25-11-8-21-46(51)47-22-9-12-26-52(47)56/h5-32,35-36H,33-34H2,1-4H3. The van der Waals surface area contributed by atoms with Crippen molar-refractivity contribution in [2.45, 2.75) is 51.4 Å². The van der Waals surface area contributed by atoms with E-state index in [1.54, 1.807) is 0 Å². The van der Waals surface area contributed by atoms with Gasteiger partial charge in [-0.15, -0.1) is 0 Å². The van der Waals surface area contributed by atoms with Gasteiger partial charge in [0, 0.05) is 33.4 Å². The van der Waals surface area contributed by atoms with Crippen LogP contribution in [-0.4, -0.2) is 4.57 Å². The topological polar surface area (TPSA) is 8.17 Å². The molecule has 0 saturated carbocycles. The molecule has 2 heteroatoms. The van der Waals surface area contributed by atoms with Crippen LogP contribution in [0.15, 0.2) is 182 Å². The SMILES string of the molecule is CC1(C)CCC(C)(C)c2cc(N(c3ccc(-c4ccccc4-n4c5ccccc5c5ccccc54)cc3)c3cccc(-c4cccc5ccccc45)c3)ccc21. The van der Waals surface area contributed by atoms with Crippen LogP contribution in [0.5, 0.6) is 0 Å². The monoisotopic (exact) mass is 722 g/mol. The van der Waals surface area contributed by atoms with Gasteiger partial charge in [-0.25, -0.2) is 0 Å². The van der Waals surface area contributed by atoms with E-state index in [1.165, 1.54) is 90.2 Å². The van der Waals surface area contributed by atoms with Crippen molar-refractivity contribution < 1.29 is 0 Å². The molecule has 0 saturated heterocycles. The zero-order valence-corrected chi connectivity index (χ0v) is 32.6. The van der Waals surface area contributed by atoms with E-state index in [9.17, 15) is 0 Å². The smallest absolute Gasteiger partial charge is 0.0541 e. The van der Waals surface area contributed by atoms with E-state index in [1.807, 2.05) is 0 Å². The van der Waals surface area contributed by atoms with Crippen LogP contribution in [0.1, 0.15) is 51.7 Å². The molecule has 0 bridgehead atoms. The Balaban J connectivity index is 1.13. The molecule has 9 aromatic rings. The summed E-state index contributed by atoms with van der Waals surface area (Å²) in [5, 5.41) is 5.06. The molecule has 0 atom stereocenters. The van der Waals surface area contributed by atoms with Gasteiger partial charge in [0.25, 0.3) is 0 Å². The Bertz CT molecular complexity index is 2870. The Morgan fingerprint density at radius 1 is 0.411 bits per heavy atom. The molecule has 0 spiro atoms. The summed E-state index contributed by atoms with van der Waals surface area (Å²) in [4.78, 5) is 2.45. The van der Waals surface area contributed by atoms with Crippen molar-refractivity contribution in [3.63, 3.8) is 0 Å². The summed E-state index contributed by atoms with van der Waals surface area (Å²) in [6, 6.07) is 67.1. The van der Waals surface area contributed by atoms with Gasteiger partial charge in [-0.3, -0.25) is 0 Å². The highest BCUT2D eigenvalue weighted by Crippen LogP contribution is 2.49. The average molecular weight is 723 g/mol. The number of aromatic nitrogens is 1. The van der Waals surface area contributed by atoms with Crippen LogP contribution in [0.3, 0.4) is 0 Å². The van der Waals surface area contributed by atoms with Crippen molar-refractivity contribution in [1.29, 1.82) is 0 Å². The molecule has 0 aliphatic heterocycles. The minimum atomic E-state index is 0.0950. The second kappa shape index (κ2) is 13.1. The lowest BCUT2D eigenvalue weighted by Crippen LogP contribution is -2.34. The second-order valence-electron chi connectivity index (χ2n) is 16.8. The van der Waals surface area contributed by atoms with Gasteiger partial charge in [-0.1, -0.05) is 155 Å². The predicted molar refractivity (Wildman–Crippen MR) is 239 cm³/mol. The molecule has 272 valence electrons. The van der Waals surface area contributed by atoms with Crippen molar-refractivity contribution in [2.75, 3.05) is 4.90 Å². The molecule has 0 N–H and O–H groups in total. The van der Waals surface area contributed by atoms with Crippen molar-refractivity contribution in [2.24, 2.45) is 0 Å². The fourth-order valence-electron chi connectivity index (χ4n) is 9.34. The van der Waals surface area contributed by atoms with Gasteiger partial charge < -0.3 is 9.47 Å². The molecule has 0 unspecified atom stereocenters.